The zero-order chi connectivity index (χ0) is 21.7. The maximum atomic E-state index is 14.6. The van der Waals surface area contributed by atoms with Crippen LogP contribution in [0.3, 0.4) is 0 Å². The van der Waals surface area contributed by atoms with Crippen molar-refractivity contribution in [3.63, 3.8) is 0 Å². The van der Waals surface area contributed by atoms with Crippen LogP contribution in [0.1, 0.15) is 6.92 Å². The monoisotopic (exact) mass is 410 g/mol. The van der Waals surface area contributed by atoms with Gasteiger partial charge in [-0.15, -0.1) is 0 Å². The lowest BCUT2D eigenvalue weighted by Gasteiger charge is -2.30. The minimum absolute atomic E-state index is 0.323. The fourth-order valence-electron chi connectivity index (χ4n) is 3.29. The molecule has 0 bridgehead atoms. The van der Waals surface area contributed by atoms with Gasteiger partial charge in [-0.2, -0.15) is 0 Å². The number of nitrogens with one attached hydrogen (secondary N) is 1. The van der Waals surface area contributed by atoms with Gasteiger partial charge >= 0.3 is 0 Å². The minimum atomic E-state index is -0.365. The number of anilines is 2. The average molecular weight is 410 g/mol. The quantitative estimate of drug-likeness (QED) is 0.582. The SMILES string of the molecule is C=C(C)/C(=C\N(C)C)C(=O)Nc1c(-c2ccccc2F)ccnc1N1CCOCC1. The van der Waals surface area contributed by atoms with E-state index in [4.69, 9.17) is 4.74 Å². The Morgan fingerprint density at radius 2 is 1.93 bits per heavy atom. The molecule has 7 heteroatoms. The Labute approximate surface area is 176 Å². The first-order valence-electron chi connectivity index (χ1n) is 9.80. The Morgan fingerprint density at radius 3 is 2.57 bits per heavy atom. The molecule has 0 aliphatic carbocycles. The molecule has 3 rings (SSSR count). The number of rotatable bonds is 6. The van der Waals surface area contributed by atoms with E-state index >= 15 is 0 Å². The van der Waals surface area contributed by atoms with Crippen LogP contribution in [-0.4, -0.2) is 56.2 Å². The number of amides is 1. The van der Waals surface area contributed by atoms with E-state index in [1.165, 1.54) is 6.07 Å². The highest BCUT2D eigenvalue weighted by molar-refractivity contribution is 6.10. The predicted octanol–water partition coefficient (Wildman–Crippen LogP) is 3.68. The number of aromatic nitrogens is 1. The molecule has 0 spiro atoms. The third-order valence-corrected chi connectivity index (χ3v) is 4.74. The molecule has 1 aromatic heterocycles. The summed E-state index contributed by atoms with van der Waals surface area (Å²) in [6.07, 6.45) is 3.35. The second-order valence-corrected chi connectivity index (χ2v) is 7.38. The van der Waals surface area contributed by atoms with Gasteiger partial charge < -0.3 is 19.9 Å². The largest absolute Gasteiger partial charge is 0.383 e. The van der Waals surface area contributed by atoms with Crippen LogP contribution in [0.2, 0.25) is 0 Å². The third-order valence-electron chi connectivity index (χ3n) is 4.74. The summed E-state index contributed by atoms with van der Waals surface area (Å²) in [4.78, 5) is 21.5. The fourth-order valence-corrected chi connectivity index (χ4v) is 3.29. The van der Waals surface area contributed by atoms with Crippen LogP contribution >= 0.6 is 0 Å². The summed E-state index contributed by atoms with van der Waals surface area (Å²) in [6, 6.07) is 8.22. The van der Waals surface area contributed by atoms with E-state index in [0.717, 1.165) is 0 Å². The van der Waals surface area contributed by atoms with Crippen molar-refractivity contribution in [1.82, 2.24) is 9.88 Å². The van der Waals surface area contributed by atoms with Crippen molar-refractivity contribution >= 4 is 17.4 Å². The number of halogens is 1. The molecule has 1 aromatic carbocycles. The summed E-state index contributed by atoms with van der Waals surface area (Å²) in [5.41, 5.74) is 2.52. The second kappa shape index (κ2) is 9.54. The maximum absolute atomic E-state index is 14.6. The van der Waals surface area contributed by atoms with Gasteiger partial charge in [-0.3, -0.25) is 4.79 Å². The van der Waals surface area contributed by atoms with Gasteiger partial charge in [-0.05, 0) is 24.6 Å². The highest BCUT2D eigenvalue weighted by atomic mass is 19.1. The summed E-state index contributed by atoms with van der Waals surface area (Å²) in [6.45, 7) is 8.10. The van der Waals surface area contributed by atoms with Gasteiger partial charge in [0.2, 0.25) is 0 Å². The first-order chi connectivity index (χ1) is 14.4. The molecular formula is C23H27FN4O2. The molecular weight excluding hydrogens is 383 g/mol. The molecule has 0 radical (unpaired) electrons. The molecule has 0 atom stereocenters. The standard InChI is InChI=1S/C23H27FN4O2/c1-16(2)19(15-27(3)4)23(29)26-21-18(17-7-5-6-8-20(17)24)9-10-25-22(21)28-11-13-30-14-12-28/h5-10,15H,1,11-14H2,2-4H3,(H,26,29)/b19-15+. The lowest BCUT2D eigenvalue weighted by molar-refractivity contribution is -0.112. The second-order valence-electron chi connectivity index (χ2n) is 7.38. The Balaban J connectivity index is 2.11. The molecule has 1 aliphatic rings. The van der Waals surface area contributed by atoms with Gasteiger partial charge in [-0.25, -0.2) is 9.37 Å². The zero-order valence-electron chi connectivity index (χ0n) is 17.6. The predicted molar refractivity (Wildman–Crippen MR) is 118 cm³/mol. The molecule has 30 heavy (non-hydrogen) atoms. The molecule has 6 nitrogen and oxygen atoms in total. The topological polar surface area (TPSA) is 57.7 Å². The van der Waals surface area contributed by atoms with E-state index in [0.29, 0.717) is 60.1 Å². The summed E-state index contributed by atoms with van der Waals surface area (Å²) in [5, 5.41) is 2.98. The van der Waals surface area contributed by atoms with Crippen LogP contribution in [0.15, 0.2) is 60.5 Å². The minimum Gasteiger partial charge on any atom is -0.383 e. The zero-order valence-corrected chi connectivity index (χ0v) is 17.6. The number of carbonyl (C=O) groups excluding carboxylic acids is 1. The van der Waals surface area contributed by atoms with Crippen LogP contribution < -0.4 is 10.2 Å². The molecule has 1 aliphatic heterocycles. The normalized spacial score (nSPS) is 14.4. The third kappa shape index (κ3) is 4.86. The molecule has 2 heterocycles. The Morgan fingerprint density at radius 1 is 1.23 bits per heavy atom. The van der Waals surface area contributed by atoms with Crippen molar-refractivity contribution in [2.45, 2.75) is 6.92 Å². The summed E-state index contributed by atoms with van der Waals surface area (Å²) in [7, 11) is 3.68. The van der Waals surface area contributed by atoms with Crippen molar-refractivity contribution in [1.29, 1.82) is 0 Å². The number of carbonyl (C=O) groups is 1. The summed E-state index contributed by atoms with van der Waals surface area (Å²) < 4.78 is 20.1. The Hall–Kier alpha value is -3.19. The molecule has 1 amide bonds. The first-order valence-corrected chi connectivity index (χ1v) is 9.80. The van der Waals surface area contributed by atoms with E-state index in [-0.39, 0.29) is 11.7 Å². The average Bonchev–Trinajstić information content (AvgIpc) is 2.73. The molecule has 1 N–H and O–H groups in total. The summed E-state index contributed by atoms with van der Waals surface area (Å²) in [5.74, 6) is -0.0919. The van der Waals surface area contributed by atoms with Gasteiger partial charge in [-0.1, -0.05) is 24.8 Å². The van der Waals surface area contributed by atoms with Crippen molar-refractivity contribution in [2.24, 2.45) is 0 Å². The fraction of sp³-hybridized carbons (Fsp3) is 0.304. The van der Waals surface area contributed by atoms with Gasteiger partial charge in [0.25, 0.3) is 5.91 Å². The van der Waals surface area contributed by atoms with Crippen LogP contribution in [0.25, 0.3) is 11.1 Å². The van der Waals surface area contributed by atoms with Gasteiger partial charge in [0.1, 0.15) is 5.82 Å². The molecule has 158 valence electrons. The Bertz CT molecular complexity index is 965. The van der Waals surface area contributed by atoms with E-state index in [9.17, 15) is 9.18 Å². The number of hydrogen-bond donors (Lipinski definition) is 1. The number of pyridine rings is 1. The molecule has 0 saturated carbocycles. The van der Waals surface area contributed by atoms with Crippen LogP contribution in [0, 0.1) is 5.82 Å². The van der Waals surface area contributed by atoms with E-state index in [1.54, 1.807) is 48.5 Å². The number of morpholine rings is 1. The number of ether oxygens (including phenoxy) is 1. The summed E-state index contributed by atoms with van der Waals surface area (Å²) >= 11 is 0. The van der Waals surface area contributed by atoms with Gasteiger partial charge in [0.05, 0.1) is 24.5 Å². The lowest BCUT2D eigenvalue weighted by Crippen LogP contribution is -2.37. The van der Waals surface area contributed by atoms with Crippen molar-refractivity contribution in [3.8, 4) is 11.1 Å². The van der Waals surface area contributed by atoms with E-state index < -0.39 is 0 Å². The molecule has 2 aromatic rings. The first kappa shape index (κ1) is 21.5. The van der Waals surface area contributed by atoms with E-state index in [1.807, 2.05) is 19.0 Å². The van der Waals surface area contributed by atoms with Gasteiger partial charge in [0, 0.05) is 50.7 Å². The van der Waals surface area contributed by atoms with Crippen molar-refractivity contribution in [3.05, 3.63) is 66.3 Å². The van der Waals surface area contributed by atoms with Crippen LogP contribution in [-0.2, 0) is 9.53 Å². The smallest absolute Gasteiger partial charge is 0.257 e. The highest BCUT2D eigenvalue weighted by Crippen LogP contribution is 2.36. The van der Waals surface area contributed by atoms with Crippen LogP contribution in [0.4, 0.5) is 15.9 Å². The van der Waals surface area contributed by atoms with Gasteiger partial charge in [0.15, 0.2) is 5.82 Å². The molecule has 0 unspecified atom stereocenters. The molecule has 1 saturated heterocycles. The number of nitrogens with zero attached hydrogens (tertiary/aromatic N) is 3. The maximum Gasteiger partial charge on any atom is 0.257 e. The number of hydrogen-bond acceptors (Lipinski definition) is 5. The van der Waals surface area contributed by atoms with E-state index in [2.05, 4.69) is 16.9 Å². The van der Waals surface area contributed by atoms with Crippen LogP contribution in [0.5, 0.6) is 0 Å². The van der Waals surface area contributed by atoms with Crippen molar-refractivity contribution in [2.75, 3.05) is 50.6 Å². The Kier molecular flexibility index (Phi) is 6.84. The lowest BCUT2D eigenvalue weighted by atomic mass is 10.0. The highest BCUT2D eigenvalue weighted by Gasteiger charge is 2.23. The van der Waals surface area contributed by atoms with Crippen molar-refractivity contribution < 1.29 is 13.9 Å². The molecule has 1 fully saturated rings. The number of benzene rings is 1.